The van der Waals surface area contributed by atoms with Crippen LogP contribution < -0.4 is 4.74 Å². The SMILES string of the molecule is CCCC(CCC)C(Cl)c1ccc(OC)cc1F. The van der Waals surface area contributed by atoms with Crippen LogP contribution in [0.15, 0.2) is 18.2 Å². The Kier molecular flexibility index (Phi) is 6.48. The third-order valence-corrected chi connectivity index (χ3v) is 3.83. The second-order valence-electron chi connectivity index (χ2n) is 4.63. The largest absolute Gasteiger partial charge is 0.497 e. The summed E-state index contributed by atoms with van der Waals surface area (Å²) in [7, 11) is 1.53. The molecule has 0 aliphatic carbocycles. The van der Waals surface area contributed by atoms with Crippen molar-refractivity contribution in [2.24, 2.45) is 5.92 Å². The highest BCUT2D eigenvalue weighted by Gasteiger charge is 2.22. The lowest BCUT2D eigenvalue weighted by atomic mass is 9.90. The van der Waals surface area contributed by atoms with Crippen LogP contribution in [0.2, 0.25) is 0 Å². The van der Waals surface area contributed by atoms with Gasteiger partial charge < -0.3 is 4.74 Å². The molecule has 18 heavy (non-hydrogen) atoms. The van der Waals surface area contributed by atoms with E-state index in [4.69, 9.17) is 16.3 Å². The van der Waals surface area contributed by atoms with Crippen molar-refractivity contribution in [3.05, 3.63) is 29.6 Å². The van der Waals surface area contributed by atoms with Crippen molar-refractivity contribution in [3.63, 3.8) is 0 Å². The van der Waals surface area contributed by atoms with Crippen LogP contribution in [0.4, 0.5) is 4.39 Å². The molecule has 0 heterocycles. The maximum Gasteiger partial charge on any atom is 0.131 e. The molecule has 0 aliphatic heterocycles. The monoisotopic (exact) mass is 272 g/mol. The molecule has 1 atom stereocenters. The van der Waals surface area contributed by atoms with Gasteiger partial charge in [-0.25, -0.2) is 4.39 Å². The Labute approximate surface area is 114 Å². The van der Waals surface area contributed by atoms with Gasteiger partial charge in [0.15, 0.2) is 0 Å². The molecule has 0 amide bonds. The second-order valence-corrected chi connectivity index (χ2v) is 5.10. The number of rotatable bonds is 7. The van der Waals surface area contributed by atoms with Crippen LogP contribution in [0.1, 0.15) is 50.5 Å². The van der Waals surface area contributed by atoms with Gasteiger partial charge in [-0.2, -0.15) is 0 Å². The molecule has 102 valence electrons. The fourth-order valence-electron chi connectivity index (χ4n) is 2.29. The zero-order valence-corrected chi connectivity index (χ0v) is 12.1. The van der Waals surface area contributed by atoms with Crippen molar-refractivity contribution in [3.8, 4) is 5.75 Å². The Morgan fingerprint density at radius 1 is 1.22 bits per heavy atom. The van der Waals surface area contributed by atoms with Gasteiger partial charge in [-0.3, -0.25) is 0 Å². The zero-order chi connectivity index (χ0) is 13.5. The summed E-state index contributed by atoms with van der Waals surface area (Å²) in [5.41, 5.74) is 0.587. The first-order valence-electron chi connectivity index (χ1n) is 6.61. The van der Waals surface area contributed by atoms with Gasteiger partial charge in [0, 0.05) is 11.6 Å². The maximum atomic E-state index is 14.0. The predicted octanol–water partition coefficient (Wildman–Crippen LogP) is 5.33. The molecule has 1 nitrogen and oxygen atoms in total. The summed E-state index contributed by atoms with van der Waals surface area (Å²) in [6.45, 7) is 4.27. The molecule has 0 aromatic heterocycles. The van der Waals surface area contributed by atoms with Gasteiger partial charge in [0.25, 0.3) is 0 Å². The second kappa shape index (κ2) is 7.63. The van der Waals surface area contributed by atoms with Crippen molar-refractivity contribution >= 4 is 11.6 Å². The number of ether oxygens (including phenoxy) is 1. The van der Waals surface area contributed by atoms with E-state index in [1.807, 2.05) is 0 Å². The molecule has 1 rings (SSSR count). The van der Waals surface area contributed by atoms with E-state index in [9.17, 15) is 4.39 Å². The summed E-state index contributed by atoms with van der Waals surface area (Å²) in [5, 5.41) is -0.254. The number of alkyl halides is 1. The number of methoxy groups -OCH3 is 1. The van der Waals surface area contributed by atoms with Gasteiger partial charge in [0.1, 0.15) is 11.6 Å². The van der Waals surface area contributed by atoms with Crippen LogP contribution >= 0.6 is 11.6 Å². The molecule has 0 N–H and O–H groups in total. The predicted molar refractivity (Wildman–Crippen MR) is 74.9 cm³/mol. The first kappa shape index (κ1) is 15.3. The van der Waals surface area contributed by atoms with Crippen molar-refractivity contribution < 1.29 is 9.13 Å². The van der Waals surface area contributed by atoms with Gasteiger partial charge in [-0.15, -0.1) is 11.6 Å². The number of hydrogen-bond acceptors (Lipinski definition) is 1. The number of hydrogen-bond donors (Lipinski definition) is 0. The number of benzene rings is 1. The van der Waals surface area contributed by atoms with Gasteiger partial charge >= 0.3 is 0 Å². The highest BCUT2D eigenvalue weighted by molar-refractivity contribution is 6.21. The average Bonchev–Trinajstić information content (AvgIpc) is 2.37. The average molecular weight is 273 g/mol. The molecule has 0 saturated heterocycles. The van der Waals surface area contributed by atoms with Crippen LogP contribution in [-0.4, -0.2) is 7.11 Å². The van der Waals surface area contributed by atoms with Gasteiger partial charge in [-0.1, -0.05) is 32.8 Å². The normalized spacial score (nSPS) is 12.8. The quantitative estimate of drug-likeness (QED) is 0.610. The lowest BCUT2D eigenvalue weighted by Gasteiger charge is -2.22. The first-order valence-corrected chi connectivity index (χ1v) is 7.05. The fraction of sp³-hybridized carbons (Fsp3) is 0.600. The molecule has 0 aliphatic rings. The van der Waals surface area contributed by atoms with Crippen LogP contribution in [0, 0.1) is 11.7 Å². The Hall–Kier alpha value is -0.760. The van der Waals surface area contributed by atoms with E-state index in [1.165, 1.54) is 13.2 Å². The molecule has 1 aromatic rings. The van der Waals surface area contributed by atoms with E-state index in [-0.39, 0.29) is 11.2 Å². The third-order valence-electron chi connectivity index (χ3n) is 3.24. The molecule has 0 spiro atoms. The molecule has 3 heteroatoms. The van der Waals surface area contributed by atoms with E-state index in [2.05, 4.69) is 13.8 Å². The smallest absolute Gasteiger partial charge is 0.131 e. The lowest BCUT2D eigenvalue weighted by molar-refractivity contribution is 0.403. The van der Waals surface area contributed by atoms with Crippen molar-refractivity contribution in [2.75, 3.05) is 7.11 Å². The Bertz CT molecular complexity index is 362. The Morgan fingerprint density at radius 3 is 2.28 bits per heavy atom. The molecular weight excluding hydrogens is 251 g/mol. The Morgan fingerprint density at radius 2 is 1.83 bits per heavy atom. The molecular formula is C15H22ClFO. The van der Waals surface area contributed by atoms with E-state index in [0.29, 0.717) is 17.2 Å². The highest BCUT2D eigenvalue weighted by atomic mass is 35.5. The van der Waals surface area contributed by atoms with Gasteiger partial charge in [0.2, 0.25) is 0 Å². The topological polar surface area (TPSA) is 9.23 Å². The molecule has 0 fully saturated rings. The van der Waals surface area contributed by atoms with Crippen LogP contribution in [-0.2, 0) is 0 Å². The van der Waals surface area contributed by atoms with Crippen LogP contribution in [0.25, 0.3) is 0 Å². The minimum Gasteiger partial charge on any atom is -0.497 e. The van der Waals surface area contributed by atoms with E-state index >= 15 is 0 Å². The van der Waals surface area contributed by atoms with Crippen molar-refractivity contribution in [1.82, 2.24) is 0 Å². The first-order chi connectivity index (χ1) is 8.63. The molecule has 1 unspecified atom stereocenters. The summed E-state index contributed by atoms with van der Waals surface area (Å²) in [5.74, 6) is 0.596. The molecule has 0 bridgehead atoms. The third kappa shape index (κ3) is 3.88. The fourth-order valence-corrected chi connectivity index (χ4v) is 2.72. The van der Waals surface area contributed by atoms with Crippen molar-refractivity contribution in [1.29, 1.82) is 0 Å². The number of halogens is 2. The molecule has 1 aromatic carbocycles. The standard InChI is InChI=1S/C15H22ClFO/c1-4-6-11(7-5-2)15(16)13-9-8-12(18-3)10-14(13)17/h8-11,15H,4-7H2,1-3H3. The zero-order valence-electron chi connectivity index (χ0n) is 11.4. The van der Waals surface area contributed by atoms with E-state index < -0.39 is 0 Å². The minimum atomic E-state index is -0.272. The van der Waals surface area contributed by atoms with Gasteiger partial charge in [-0.05, 0) is 24.8 Å². The van der Waals surface area contributed by atoms with Crippen LogP contribution in [0.5, 0.6) is 5.75 Å². The van der Waals surface area contributed by atoms with Gasteiger partial charge in [0.05, 0.1) is 12.5 Å². The summed E-state index contributed by atoms with van der Waals surface area (Å²) in [6, 6.07) is 4.91. The maximum absolute atomic E-state index is 14.0. The highest BCUT2D eigenvalue weighted by Crippen LogP contribution is 2.37. The summed E-state index contributed by atoms with van der Waals surface area (Å²) >= 11 is 6.45. The minimum absolute atomic E-state index is 0.254. The molecule has 0 saturated carbocycles. The Balaban J connectivity index is 2.89. The lowest BCUT2D eigenvalue weighted by Crippen LogP contribution is -2.09. The summed E-state index contributed by atoms with van der Waals surface area (Å²) < 4.78 is 19.0. The van der Waals surface area contributed by atoms with E-state index in [0.717, 1.165) is 25.7 Å². The van der Waals surface area contributed by atoms with Crippen molar-refractivity contribution in [2.45, 2.75) is 44.9 Å². The summed E-state index contributed by atoms with van der Waals surface area (Å²) in [6.07, 6.45) is 4.22. The van der Waals surface area contributed by atoms with Crippen LogP contribution in [0.3, 0.4) is 0 Å². The molecule has 0 radical (unpaired) electrons. The summed E-state index contributed by atoms with van der Waals surface area (Å²) in [4.78, 5) is 0. The van der Waals surface area contributed by atoms with E-state index in [1.54, 1.807) is 12.1 Å².